The Hall–Kier alpha value is -2.01. The molecule has 5 heteroatoms. The first-order valence-electron chi connectivity index (χ1n) is 7.54. The van der Waals surface area contributed by atoms with E-state index < -0.39 is 0 Å². The van der Waals surface area contributed by atoms with Gasteiger partial charge >= 0.3 is 0 Å². The lowest BCUT2D eigenvalue weighted by atomic mass is 10.2. The molecule has 1 fully saturated rings. The Bertz CT molecular complexity index is 601. The summed E-state index contributed by atoms with van der Waals surface area (Å²) in [6.45, 7) is 5.24. The first-order valence-corrected chi connectivity index (χ1v) is 7.54. The highest BCUT2D eigenvalue weighted by atomic mass is 16.5. The molecule has 2 heterocycles. The van der Waals surface area contributed by atoms with Gasteiger partial charge in [0.05, 0.1) is 7.11 Å². The van der Waals surface area contributed by atoms with Crippen LogP contribution in [0.15, 0.2) is 30.5 Å². The number of hydrogen-bond donors (Lipinski definition) is 0. The fourth-order valence-electron chi connectivity index (χ4n) is 2.49. The standard InChI is InChI=1S/C17H21N2O3/c1-13-11-19(16-5-3-4-10-21-16)18-17(13)22-12-14-6-8-15(20-2)9-7-14/h6-9,11,16H,1,3-5,10,12H2,2H3. The molecule has 1 unspecified atom stereocenters. The van der Waals surface area contributed by atoms with Gasteiger partial charge in [-0.3, -0.25) is 0 Å². The van der Waals surface area contributed by atoms with Crippen LogP contribution in [-0.4, -0.2) is 23.5 Å². The van der Waals surface area contributed by atoms with E-state index in [4.69, 9.17) is 14.2 Å². The summed E-state index contributed by atoms with van der Waals surface area (Å²) >= 11 is 0. The summed E-state index contributed by atoms with van der Waals surface area (Å²) in [6, 6.07) is 7.78. The molecule has 2 aromatic rings. The molecule has 1 aliphatic heterocycles. The van der Waals surface area contributed by atoms with Crippen LogP contribution in [0, 0.1) is 6.92 Å². The predicted octanol–water partition coefficient (Wildman–Crippen LogP) is 3.35. The fraction of sp³-hybridized carbons (Fsp3) is 0.412. The number of benzene rings is 1. The second kappa shape index (κ2) is 6.83. The lowest BCUT2D eigenvalue weighted by Crippen LogP contribution is -2.18. The zero-order valence-electron chi connectivity index (χ0n) is 12.8. The summed E-state index contributed by atoms with van der Waals surface area (Å²) in [5.41, 5.74) is 1.84. The van der Waals surface area contributed by atoms with Crippen LogP contribution >= 0.6 is 0 Å². The second-order valence-corrected chi connectivity index (χ2v) is 5.40. The molecule has 3 rings (SSSR count). The molecule has 1 radical (unpaired) electrons. The quantitative estimate of drug-likeness (QED) is 0.849. The number of ether oxygens (including phenoxy) is 3. The molecular formula is C17H21N2O3. The van der Waals surface area contributed by atoms with Crippen LogP contribution in [0.25, 0.3) is 0 Å². The normalized spacial score (nSPS) is 18.2. The van der Waals surface area contributed by atoms with Gasteiger partial charge in [-0.2, -0.15) is 0 Å². The maximum atomic E-state index is 5.78. The number of rotatable bonds is 5. The largest absolute Gasteiger partial charge is 0.497 e. The van der Waals surface area contributed by atoms with Crippen molar-refractivity contribution >= 4 is 0 Å². The molecule has 117 valence electrons. The van der Waals surface area contributed by atoms with Crippen LogP contribution < -0.4 is 9.47 Å². The maximum absolute atomic E-state index is 5.78. The molecule has 1 aromatic heterocycles. The molecule has 0 N–H and O–H groups in total. The highest BCUT2D eigenvalue weighted by Gasteiger charge is 2.18. The van der Waals surface area contributed by atoms with E-state index in [-0.39, 0.29) is 6.23 Å². The minimum atomic E-state index is 0.00702. The van der Waals surface area contributed by atoms with Crippen LogP contribution in [0.1, 0.15) is 36.6 Å². The van der Waals surface area contributed by atoms with Gasteiger partial charge in [0.25, 0.3) is 0 Å². The molecule has 1 saturated heterocycles. The van der Waals surface area contributed by atoms with Crippen molar-refractivity contribution in [3.05, 3.63) is 48.5 Å². The van der Waals surface area contributed by atoms with E-state index in [1.807, 2.05) is 35.1 Å². The molecule has 0 aliphatic carbocycles. The Morgan fingerprint density at radius 2 is 2.14 bits per heavy atom. The maximum Gasteiger partial charge on any atom is 0.236 e. The molecule has 0 saturated carbocycles. The van der Waals surface area contributed by atoms with E-state index in [1.165, 1.54) is 6.42 Å². The third-order valence-electron chi connectivity index (χ3n) is 3.75. The molecule has 22 heavy (non-hydrogen) atoms. The third kappa shape index (κ3) is 3.42. The van der Waals surface area contributed by atoms with Crippen LogP contribution in [0.4, 0.5) is 0 Å². The van der Waals surface area contributed by atoms with Crippen LogP contribution in [0.5, 0.6) is 11.6 Å². The summed E-state index contributed by atoms with van der Waals surface area (Å²) in [5, 5.41) is 4.46. The Morgan fingerprint density at radius 1 is 1.32 bits per heavy atom. The Labute approximate surface area is 130 Å². The molecule has 0 bridgehead atoms. The van der Waals surface area contributed by atoms with E-state index >= 15 is 0 Å². The number of aromatic nitrogens is 2. The van der Waals surface area contributed by atoms with Gasteiger partial charge in [0, 0.05) is 18.4 Å². The zero-order chi connectivity index (χ0) is 15.4. The van der Waals surface area contributed by atoms with Crippen molar-refractivity contribution in [2.75, 3.05) is 13.7 Å². The Balaban J connectivity index is 1.63. The second-order valence-electron chi connectivity index (χ2n) is 5.40. The predicted molar refractivity (Wildman–Crippen MR) is 82.9 cm³/mol. The number of nitrogens with zero attached hydrogens (tertiary/aromatic N) is 2. The van der Waals surface area contributed by atoms with E-state index in [2.05, 4.69) is 12.0 Å². The summed E-state index contributed by atoms with van der Waals surface area (Å²) in [6.07, 6.45) is 5.17. The van der Waals surface area contributed by atoms with Crippen molar-refractivity contribution in [3.63, 3.8) is 0 Å². The summed E-state index contributed by atoms with van der Waals surface area (Å²) in [7, 11) is 1.65. The monoisotopic (exact) mass is 301 g/mol. The average molecular weight is 301 g/mol. The summed E-state index contributed by atoms with van der Waals surface area (Å²) in [4.78, 5) is 0. The van der Waals surface area contributed by atoms with Crippen molar-refractivity contribution in [2.24, 2.45) is 0 Å². The van der Waals surface area contributed by atoms with Crippen LogP contribution in [-0.2, 0) is 11.3 Å². The topological polar surface area (TPSA) is 45.5 Å². The van der Waals surface area contributed by atoms with Gasteiger partial charge in [-0.25, -0.2) is 4.68 Å². The SMILES string of the molecule is [CH2]c1cn(C2CCCCO2)nc1OCc1ccc(OC)cc1. The van der Waals surface area contributed by atoms with Crippen molar-refractivity contribution in [3.8, 4) is 11.6 Å². The highest BCUT2D eigenvalue weighted by Crippen LogP contribution is 2.25. The van der Waals surface area contributed by atoms with E-state index in [1.54, 1.807) is 7.11 Å². The lowest BCUT2D eigenvalue weighted by Gasteiger charge is -2.22. The van der Waals surface area contributed by atoms with Gasteiger partial charge in [0.15, 0.2) is 0 Å². The van der Waals surface area contributed by atoms with Gasteiger partial charge in [0.1, 0.15) is 18.6 Å². The lowest BCUT2D eigenvalue weighted by molar-refractivity contribution is -0.0400. The average Bonchev–Trinajstić information content (AvgIpc) is 2.95. The Morgan fingerprint density at radius 3 is 2.82 bits per heavy atom. The van der Waals surface area contributed by atoms with Gasteiger partial charge in [-0.05, 0) is 43.9 Å². The number of methoxy groups -OCH3 is 1. The smallest absolute Gasteiger partial charge is 0.236 e. The van der Waals surface area contributed by atoms with Crippen LogP contribution in [0.2, 0.25) is 0 Å². The van der Waals surface area contributed by atoms with E-state index in [0.717, 1.165) is 36.3 Å². The molecule has 1 aliphatic rings. The van der Waals surface area contributed by atoms with Crippen molar-refractivity contribution in [1.29, 1.82) is 0 Å². The molecule has 5 nitrogen and oxygen atoms in total. The van der Waals surface area contributed by atoms with Crippen molar-refractivity contribution in [2.45, 2.75) is 32.1 Å². The number of hydrogen-bond acceptors (Lipinski definition) is 4. The minimum Gasteiger partial charge on any atom is -0.497 e. The first-order chi connectivity index (χ1) is 10.8. The molecular weight excluding hydrogens is 280 g/mol. The van der Waals surface area contributed by atoms with Crippen molar-refractivity contribution in [1.82, 2.24) is 9.78 Å². The van der Waals surface area contributed by atoms with Gasteiger partial charge in [0.2, 0.25) is 5.88 Å². The zero-order valence-corrected chi connectivity index (χ0v) is 12.8. The molecule has 0 spiro atoms. The van der Waals surface area contributed by atoms with Crippen LogP contribution in [0.3, 0.4) is 0 Å². The van der Waals surface area contributed by atoms with Gasteiger partial charge in [-0.15, -0.1) is 5.10 Å². The summed E-state index contributed by atoms with van der Waals surface area (Å²) in [5.74, 6) is 1.39. The fourth-order valence-corrected chi connectivity index (χ4v) is 2.49. The Kier molecular flexibility index (Phi) is 4.63. The summed E-state index contributed by atoms with van der Waals surface area (Å²) < 4.78 is 18.5. The molecule has 0 amide bonds. The highest BCUT2D eigenvalue weighted by molar-refractivity contribution is 5.29. The van der Waals surface area contributed by atoms with Crippen molar-refractivity contribution < 1.29 is 14.2 Å². The van der Waals surface area contributed by atoms with Gasteiger partial charge < -0.3 is 14.2 Å². The first kappa shape index (κ1) is 14.9. The third-order valence-corrected chi connectivity index (χ3v) is 3.75. The molecule has 1 aromatic carbocycles. The molecule has 1 atom stereocenters. The minimum absolute atomic E-state index is 0.00702. The van der Waals surface area contributed by atoms with Gasteiger partial charge in [-0.1, -0.05) is 12.1 Å². The van der Waals surface area contributed by atoms with E-state index in [9.17, 15) is 0 Å². The van der Waals surface area contributed by atoms with E-state index in [0.29, 0.717) is 12.5 Å².